The average molecular weight is 331 g/mol. The molecule has 1 saturated carbocycles. The second-order valence-electron chi connectivity index (χ2n) is 6.29. The standard InChI is InChI=1S/C17H24F2N2.ClH/c18-14-6-7-15(16(19)12-14)17(13-4-2-1-3-5-13)21-10-8-20-9-11-21;/h6-7,12-13,17,20H,1-5,8-11H2;1H/t17-;/m1./s1. The van der Waals surface area contributed by atoms with E-state index in [1.165, 1.54) is 25.3 Å². The van der Waals surface area contributed by atoms with Crippen LogP contribution in [0.2, 0.25) is 0 Å². The van der Waals surface area contributed by atoms with Crippen molar-refractivity contribution in [2.75, 3.05) is 26.2 Å². The van der Waals surface area contributed by atoms with Gasteiger partial charge in [-0.2, -0.15) is 0 Å². The van der Waals surface area contributed by atoms with Crippen molar-refractivity contribution >= 4 is 12.4 Å². The van der Waals surface area contributed by atoms with Crippen molar-refractivity contribution in [1.29, 1.82) is 0 Å². The molecule has 1 aliphatic carbocycles. The van der Waals surface area contributed by atoms with Crippen LogP contribution in [0, 0.1) is 17.6 Å². The Balaban J connectivity index is 0.00000176. The van der Waals surface area contributed by atoms with Gasteiger partial charge in [0.05, 0.1) is 0 Å². The molecule has 0 unspecified atom stereocenters. The summed E-state index contributed by atoms with van der Waals surface area (Å²) < 4.78 is 27.6. The highest BCUT2D eigenvalue weighted by Gasteiger charge is 2.32. The molecule has 2 fully saturated rings. The van der Waals surface area contributed by atoms with Crippen LogP contribution in [0.5, 0.6) is 0 Å². The number of nitrogens with one attached hydrogen (secondary N) is 1. The molecule has 2 aliphatic rings. The van der Waals surface area contributed by atoms with Crippen LogP contribution in [0.25, 0.3) is 0 Å². The molecular formula is C17H25ClF2N2. The van der Waals surface area contributed by atoms with Crippen LogP contribution < -0.4 is 5.32 Å². The zero-order valence-electron chi connectivity index (χ0n) is 12.9. The van der Waals surface area contributed by atoms with E-state index in [2.05, 4.69) is 10.2 Å². The Hall–Kier alpha value is -0.710. The van der Waals surface area contributed by atoms with Gasteiger partial charge in [0.25, 0.3) is 0 Å². The summed E-state index contributed by atoms with van der Waals surface area (Å²) in [6.45, 7) is 3.79. The van der Waals surface area contributed by atoms with Crippen LogP contribution in [0.1, 0.15) is 43.7 Å². The Kier molecular flexibility index (Phi) is 6.60. The van der Waals surface area contributed by atoms with E-state index in [9.17, 15) is 8.78 Å². The third kappa shape index (κ3) is 3.98. The van der Waals surface area contributed by atoms with Gasteiger partial charge in [-0.15, -0.1) is 12.4 Å². The first-order valence-electron chi connectivity index (χ1n) is 8.15. The van der Waals surface area contributed by atoms with E-state index in [-0.39, 0.29) is 24.3 Å². The smallest absolute Gasteiger partial charge is 0.130 e. The lowest BCUT2D eigenvalue weighted by Crippen LogP contribution is -2.47. The number of benzene rings is 1. The van der Waals surface area contributed by atoms with E-state index < -0.39 is 5.82 Å². The maximum Gasteiger partial charge on any atom is 0.130 e. The fraction of sp³-hybridized carbons (Fsp3) is 0.647. The summed E-state index contributed by atoms with van der Waals surface area (Å²) in [7, 11) is 0. The Bertz CT molecular complexity index is 454. The van der Waals surface area contributed by atoms with Gasteiger partial charge in [-0.1, -0.05) is 25.3 Å². The summed E-state index contributed by atoms with van der Waals surface area (Å²) in [5.41, 5.74) is 0.685. The number of nitrogens with zero attached hydrogens (tertiary/aromatic N) is 1. The molecule has 1 aliphatic heterocycles. The summed E-state index contributed by atoms with van der Waals surface area (Å²) in [5, 5.41) is 3.35. The van der Waals surface area contributed by atoms with Gasteiger partial charge < -0.3 is 5.32 Å². The zero-order chi connectivity index (χ0) is 14.7. The van der Waals surface area contributed by atoms with E-state index >= 15 is 0 Å². The molecule has 0 spiro atoms. The number of rotatable bonds is 3. The van der Waals surface area contributed by atoms with Gasteiger partial charge >= 0.3 is 0 Å². The Morgan fingerprint density at radius 2 is 1.73 bits per heavy atom. The molecule has 0 radical (unpaired) electrons. The molecule has 0 amide bonds. The molecule has 1 saturated heterocycles. The summed E-state index contributed by atoms with van der Waals surface area (Å²) in [6.07, 6.45) is 6.07. The van der Waals surface area contributed by atoms with Crippen molar-refractivity contribution in [1.82, 2.24) is 10.2 Å². The first-order valence-corrected chi connectivity index (χ1v) is 8.15. The minimum absolute atomic E-state index is 0. The van der Waals surface area contributed by atoms with Crippen LogP contribution in [-0.4, -0.2) is 31.1 Å². The molecular weight excluding hydrogens is 306 g/mol. The molecule has 1 N–H and O–H groups in total. The molecule has 3 rings (SSSR count). The molecule has 22 heavy (non-hydrogen) atoms. The summed E-state index contributed by atoms with van der Waals surface area (Å²) in [6, 6.07) is 4.20. The van der Waals surface area contributed by atoms with Gasteiger partial charge in [-0.05, 0) is 24.8 Å². The normalized spacial score (nSPS) is 22.1. The lowest BCUT2D eigenvalue weighted by Gasteiger charge is -2.41. The third-order valence-corrected chi connectivity index (χ3v) is 4.92. The van der Waals surface area contributed by atoms with Crippen molar-refractivity contribution in [3.8, 4) is 0 Å². The van der Waals surface area contributed by atoms with Gasteiger partial charge in [0.15, 0.2) is 0 Å². The van der Waals surface area contributed by atoms with Gasteiger partial charge in [0.2, 0.25) is 0 Å². The van der Waals surface area contributed by atoms with E-state index in [0.29, 0.717) is 11.5 Å². The second-order valence-corrected chi connectivity index (χ2v) is 6.29. The minimum atomic E-state index is -0.487. The topological polar surface area (TPSA) is 15.3 Å². The predicted octanol–water partition coefficient (Wildman–Crippen LogP) is 3.91. The molecule has 1 aromatic carbocycles. The Labute approximate surface area is 137 Å². The Morgan fingerprint density at radius 1 is 1.05 bits per heavy atom. The van der Waals surface area contributed by atoms with Gasteiger partial charge in [0, 0.05) is 43.9 Å². The highest BCUT2D eigenvalue weighted by molar-refractivity contribution is 5.85. The van der Waals surface area contributed by atoms with E-state index in [1.54, 1.807) is 6.07 Å². The first kappa shape index (κ1) is 17.6. The SMILES string of the molecule is Cl.Fc1ccc([C@@H](C2CCCCC2)N2CCNCC2)c(F)c1. The largest absolute Gasteiger partial charge is 0.314 e. The van der Waals surface area contributed by atoms with Gasteiger partial charge in [-0.3, -0.25) is 4.90 Å². The maximum atomic E-state index is 14.3. The van der Waals surface area contributed by atoms with Crippen LogP contribution in [0.15, 0.2) is 18.2 Å². The predicted molar refractivity (Wildman–Crippen MR) is 87.4 cm³/mol. The van der Waals surface area contributed by atoms with Crippen LogP contribution in [0.3, 0.4) is 0 Å². The molecule has 1 heterocycles. The van der Waals surface area contributed by atoms with Crippen molar-refractivity contribution < 1.29 is 8.78 Å². The van der Waals surface area contributed by atoms with Crippen molar-refractivity contribution in [2.24, 2.45) is 5.92 Å². The van der Waals surface area contributed by atoms with E-state index in [4.69, 9.17) is 0 Å². The molecule has 124 valence electrons. The van der Waals surface area contributed by atoms with Crippen LogP contribution in [0.4, 0.5) is 8.78 Å². The van der Waals surface area contributed by atoms with Crippen molar-refractivity contribution in [3.63, 3.8) is 0 Å². The number of halogens is 3. The Morgan fingerprint density at radius 3 is 2.36 bits per heavy atom. The second kappa shape index (κ2) is 8.23. The fourth-order valence-electron chi connectivity index (χ4n) is 3.90. The maximum absolute atomic E-state index is 14.3. The first-order chi connectivity index (χ1) is 10.3. The molecule has 0 aromatic heterocycles. The third-order valence-electron chi connectivity index (χ3n) is 4.92. The monoisotopic (exact) mass is 330 g/mol. The molecule has 0 bridgehead atoms. The minimum Gasteiger partial charge on any atom is -0.314 e. The zero-order valence-corrected chi connectivity index (χ0v) is 13.7. The summed E-state index contributed by atoms with van der Waals surface area (Å²) >= 11 is 0. The summed E-state index contributed by atoms with van der Waals surface area (Å²) in [4.78, 5) is 2.39. The van der Waals surface area contributed by atoms with Crippen LogP contribution in [-0.2, 0) is 0 Å². The average Bonchev–Trinajstić information content (AvgIpc) is 2.52. The lowest BCUT2D eigenvalue weighted by molar-refractivity contribution is 0.100. The highest BCUT2D eigenvalue weighted by Crippen LogP contribution is 2.39. The van der Waals surface area contributed by atoms with Crippen LogP contribution >= 0.6 is 12.4 Å². The number of hydrogen-bond donors (Lipinski definition) is 1. The molecule has 2 nitrogen and oxygen atoms in total. The lowest BCUT2D eigenvalue weighted by atomic mass is 9.80. The number of piperazine rings is 1. The molecule has 1 aromatic rings. The quantitative estimate of drug-likeness (QED) is 0.904. The molecule has 1 atom stereocenters. The molecule has 5 heteroatoms. The highest BCUT2D eigenvalue weighted by atomic mass is 35.5. The van der Waals surface area contributed by atoms with Crippen molar-refractivity contribution in [2.45, 2.75) is 38.1 Å². The van der Waals surface area contributed by atoms with Gasteiger partial charge in [-0.25, -0.2) is 8.78 Å². The van der Waals surface area contributed by atoms with E-state index in [0.717, 1.165) is 45.1 Å². The fourth-order valence-corrected chi connectivity index (χ4v) is 3.90. The van der Waals surface area contributed by atoms with E-state index in [1.807, 2.05) is 0 Å². The number of hydrogen-bond acceptors (Lipinski definition) is 2. The van der Waals surface area contributed by atoms with Gasteiger partial charge in [0.1, 0.15) is 11.6 Å². The van der Waals surface area contributed by atoms with Crippen molar-refractivity contribution in [3.05, 3.63) is 35.4 Å². The summed E-state index contributed by atoms with van der Waals surface area (Å²) in [5.74, 6) is -0.375.